The average Bonchev–Trinajstić information content (AvgIpc) is 3.38. The predicted molar refractivity (Wildman–Crippen MR) is 93.7 cm³/mol. The Morgan fingerprint density at radius 3 is 2.64 bits per heavy atom. The number of rotatable bonds is 4. The van der Waals surface area contributed by atoms with Crippen LogP contribution in [0.5, 0.6) is 0 Å². The van der Waals surface area contributed by atoms with E-state index in [1.807, 2.05) is 23.1 Å². The summed E-state index contributed by atoms with van der Waals surface area (Å²) in [6.07, 6.45) is 3.82. The van der Waals surface area contributed by atoms with E-state index in [9.17, 15) is 9.59 Å². The first-order chi connectivity index (χ1) is 12.2. The molecule has 7 nitrogen and oxygen atoms in total. The zero-order chi connectivity index (χ0) is 17.4. The van der Waals surface area contributed by atoms with Crippen molar-refractivity contribution >= 4 is 17.3 Å². The van der Waals surface area contributed by atoms with Gasteiger partial charge in [0.15, 0.2) is 5.69 Å². The first-order valence-corrected chi connectivity index (χ1v) is 8.97. The lowest BCUT2D eigenvalue weighted by Crippen LogP contribution is -2.48. The normalized spacial score (nSPS) is 18.5. The highest BCUT2D eigenvalue weighted by Crippen LogP contribution is 2.21. The Labute approximate surface area is 146 Å². The van der Waals surface area contributed by atoms with Crippen LogP contribution in [0.15, 0.2) is 24.4 Å². The molecule has 0 bridgehead atoms. The van der Waals surface area contributed by atoms with Crippen LogP contribution in [0.3, 0.4) is 0 Å². The third kappa shape index (κ3) is 3.11. The van der Waals surface area contributed by atoms with Gasteiger partial charge in [-0.05, 0) is 31.5 Å². The van der Waals surface area contributed by atoms with Gasteiger partial charge in [0, 0.05) is 38.4 Å². The number of carbonyl (C=O) groups excluding carboxylic acids is 2. The molecular weight excluding hydrogens is 318 g/mol. The topological polar surface area (TPSA) is 69.9 Å². The molecule has 2 aliphatic rings. The highest BCUT2D eigenvalue weighted by molar-refractivity contribution is 6.02. The molecule has 0 aromatic carbocycles. The average molecular weight is 341 g/mol. The molecule has 0 radical (unpaired) electrons. The number of piperazine rings is 1. The number of pyridine rings is 1. The summed E-state index contributed by atoms with van der Waals surface area (Å²) in [5.74, 6) is -0.0125. The molecule has 1 saturated carbocycles. The highest BCUT2D eigenvalue weighted by Gasteiger charge is 2.29. The summed E-state index contributed by atoms with van der Waals surface area (Å²) in [5, 5.41) is 2.95. The Kier molecular flexibility index (Phi) is 4.17. The molecule has 25 heavy (non-hydrogen) atoms. The number of nitrogens with zero attached hydrogens (tertiary/aromatic N) is 4. The molecule has 2 fully saturated rings. The second-order valence-corrected chi connectivity index (χ2v) is 6.71. The van der Waals surface area contributed by atoms with Gasteiger partial charge in [-0.15, -0.1) is 0 Å². The maximum Gasteiger partial charge on any atom is 0.287 e. The fourth-order valence-corrected chi connectivity index (χ4v) is 3.25. The zero-order valence-electron chi connectivity index (χ0n) is 14.4. The van der Waals surface area contributed by atoms with Gasteiger partial charge in [-0.3, -0.25) is 14.0 Å². The van der Waals surface area contributed by atoms with Gasteiger partial charge in [-0.1, -0.05) is 13.0 Å². The minimum atomic E-state index is -0.210. The lowest BCUT2D eigenvalue weighted by atomic mass is 10.2. The van der Waals surface area contributed by atoms with Crippen LogP contribution in [0.4, 0.5) is 0 Å². The first-order valence-electron chi connectivity index (χ1n) is 8.97. The maximum absolute atomic E-state index is 13.0. The van der Waals surface area contributed by atoms with E-state index < -0.39 is 0 Å². The summed E-state index contributed by atoms with van der Waals surface area (Å²) in [4.78, 5) is 34.0. The first kappa shape index (κ1) is 16.1. The summed E-state index contributed by atoms with van der Waals surface area (Å²) < 4.78 is 1.72. The zero-order valence-corrected chi connectivity index (χ0v) is 14.4. The second kappa shape index (κ2) is 6.48. The number of likely N-dealkylation sites (N-methyl/N-ethyl adjacent to an activating group) is 1. The second-order valence-electron chi connectivity index (χ2n) is 6.71. The molecule has 1 aliphatic carbocycles. The highest BCUT2D eigenvalue weighted by atomic mass is 16.2. The van der Waals surface area contributed by atoms with E-state index in [1.54, 1.807) is 10.6 Å². The molecule has 2 aromatic heterocycles. The van der Waals surface area contributed by atoms with Gasteiger partial charge in [0.2, 0.25) is 5.82 Å². The number of hydrogen-bond acceptors (Lipinski definition) is 4. The molecule has 0 atom stereocenters. The number of fused-ring (bicyclic) bond motifs is 1. The third-order valence-corrected chi connectivity index (χ3v) is 4.97. The van der Waals surface area contributed by atoms with Crippen molar-refractivity contribution in [2.24, 2.45) is 0 Å². The SMILES string of the molecule is CCN1CCN(C(=O)c2nc(C(=O)NC3CC3)n3ccccc23)CC1. The van der Waals surface area contributed by atoms with Crippen LogP contribution < -0.4 is 5.32 Å². The molecule has 7 heteroatoms. The molecule has 0 unspecified atom stereocenters. The quantitative estimate of drug-likeness (QED) is 0.901. The maximum atomic E-state index is 13.0. The van der Waals surface area contributed by atoms with E-state index in [-0.39, 0.29) is 23.7 Å². The van der Waals surface area contributed by atoms with Crippen molar-refractivity contribution in [2.45, 2.75) is 25.8 Å². The summed E-state index contributed by atoms with van der Waals surface area (Å²) >= 11 is 0. The van der Waals surface area contributed by atoms with Gasteiger partial charge in [0.05, 0.1) is 5.52 Å². The van der Waals surface area contributed by atoms with Crippen LogP contribution >= 0.6 is 0 Å². The van der Waals surface area contributed by atoms with Gasteiger partial charge < -0.3 is 15.1 Å². The van der Waals surface area contributed by atoms with Gasteiger partial charge in [-0.2, -0.15) is 0 Å². The van der Waals surface area contributed by atoms with Crippen molar-refractivity contribution in [3.63, 3.8) is 0 Å². The number of nitrogens with one attached hydrogen (secondary N) is 1. The minimum Gasteiger partial charge on any atom is -0.347 e. The van der Waals surface area contributed by atoms with E-state index in [2.05, 4.69) is 22.1 Å². The summed E-state index contributed by atoms with van der Waals surface area (Å²) in [5.41, 5.74) is 1.05. The van der Waals surface area contributed by atoms with Crippen LogP contribution in [0.25, 0.3) is 5.52 Å². The molecule has 0 spiro atoms. The monoisotopic (exact) mass is 341 g/mol. The molecule has 1 aliphatic heterocycles. The molecule has 1 saturated heterocycles. The molecule has 3 heterocycles. The molecule has 2 aromatic rings. The molecule has 1 N–H and O–H groups in total. The molecular formula is C18H23N5O2. The van der Waals surface area contributed by atoms with Crippen molar-refractivity contribution in [1.29, 1.82) is 0 Å². The fraction of sp³-hybridized carbons (Fsp3) is 0.500. The molecule has 2 amide bonds. The van der Waals surface area contributed by atoms with E-state index in [4.69, 9.17) is 0 Å². The van der Waals surface area contributed by atoms with E-state index in [0.29, 0.717) is 24.3 Å². The summed E-state index contributed by atoms with van der Waals surface area (Å²) in [6, 6.07) is 5.81. The largest absolute Gasteiger partial charge is 0.347 e. The Bertz CT molecular complexity index is 803. The van der Waals surface area contributed by atoms with Crippen LogP contribution in [-0.2, 0) is 0 Å². The van der Waals surface area contributed by atoms with Crippen molar-refractivity contribution < 1.29 is 9.59 Å². The smallest absolute Gasteiger partial charge is 0.287 e. The number of imidazole rings is 1. The summed E-state index contributed by atoms with van der Waals surface area (Å²) in [6.45, 7) is 6.28. The third-order valence-electron chi connectivity index (χ3n) is 4.97. The van der Waals surface area contributed by atoms with Gasteiger partial charge in [-0.25, -0.2) is 4.98 Å². The van der Waals surface area contributed by atoms with Gasteiger partial charge >= 0.3 is 0 Å². The fourth-order valence-electron chi connectivity index (χ4n) is 3.25. The molecule has 132 valence electrons. The number of carbonyl (C=O) groups is 2. The van der Waals surface area contributed by atoms with Gasteiger partial charge in [0.25, 0.3) is 11.8 Å². The van der Waals surface area contributed by atoms with Crippen LogP contribution in [-0.4, -0.2) is 69.8 Å². The van der Waals surface area contributed by atoms with Crippen molar-refractivity contribution in [1.82, 2.24) is 24.5 Å². The molecule has 4 rings (SSSR count). The van der Waals surface area contributed by atoms with Crippen molar-refractivity contribution in [2.75, 3.05) is 32.7 Å². The Balaban J connectivity index is 1.62. The predicted octanol–water partition coefficient (Wildman–Crippen LogP) is 1.00. The Hall–Kier alpha value is -2.41. The van der Waals surface area contributed by atoms with Gasteiger partial charge in [0.1, 0.15) is 0 Å². The van der Waals surface area contributed by atoms with Crippen LogP contribution in [0.2, 0.25) is 0 Å². The van der Waals surface area contributed by atoms with Crippen LogP contribution in [0, 0.1) is 0 Å². The van der Waals surface area contributed by atoms with E-state index in [0.717, 1.165) is 32.5 Å². The lowest BCUT2D eigenvalue weighted by Gasteiger charge is -2.33. The van der Waals surface area contributed by atoms with Crippen LogP contribution in [0.1, 0.15) is 40.9 Å². The van der Waals surface area contributed by atoms with Crippen molar-refractivity contribution in [3.05, 3.63) is 35.9 Å². The van der Waals surface area contributed by atoms with E-state index >= 15 is 0 Å². The standard InChI is InChI=1S/C18H23N5O2/c1-2-21-9-11-22(12-10-21)18(25)15-14-5-3-4-8-23(14)16(20-15)17(24)19-13-6-7-13/h3-5,8,13H,2,6-7,9-12H2,1H3,(H,19,24). The number of aromatic nitrogens is 2. The lowest BCUT2D eigenvalue weighted by molar-refractivity contribution is 0.0640. The number of amides is 2. The summed E-state index contributed by atoms with van der Waals surface area (Å²) in [7, 11) is 0. The Morgan fingerprint density at radius 1 is 1.20 bits per heavy atom. The minimum absolute atomic E-state index is 0.0927. The van der Waals surface area contributed by atoms with Crippen molar-refractivity contribution in [3.8, 4) is 0 Å². The Morgan fingerprint density at radius 2 is 1.96 bits per heavy atom. The van der Waals surface area contributed by atoms with E-state index in [1.165, 1.54) is 0 Å². The number of hydrogen-bond donors (Lipinski definition) is 1.